The molecule has 3 saturated heterocycles. The van der Waals surface area contributed by atoms with Crippen LogP contribution in [-0.2, 0) is 17.8 Å². The van der Waals surface area contributed by atoms with Gasteiger partial charge in [0.25, 0.3) is 11.5 Å². The van der Waals surface area contributed by atoms with Gasteiger partial charge < -0.3 is 10.6 Å². The zero-order valence-corrected chi connectivity index (χ0v) is 17.2. The molecule has 7 nitrogen and oxygen atoms in total. The standard InChI is InChI=1S/C23H25FN4O3/c24-16-1-3-17(4-2-16)28-13-15-12-27(10-7-18(15)20(21(25)29)23(28)31)22(30)19-11-14-5-8-26(19)9-6-14/h1-4,13-14,19H,5-12H2,(H2,25,29). The number of rotatable bonds is 3. The van der Waals surface area contributed by atoms with Crippen molar-refractivity contribution in [2.75, 3.05) is 19.6 Å². The van der Waals surface area contributed by atoms with E-state index in [4.69, 9.17) is 5.73 Å². The molecule has 0 radical (unpaired) electrons. The van der Waals surface area contributed by atoms with Gasteiger partial charge >= 0.3 is 0 Å². The fourth-order valence-corrected chi connectivity index (χ4v) is 5.32. The van der Waals surface area contributed by atoms with Crippen molar-refractivity contribution < 1.29 is 14.0 Å². The first-order chi connectivity index (χ1) is 14.9. The van der Waals surface area contributed by atoms with Crippen molar-refractivity contribution in [2.45, 2.75) is 38.3 Å². The van der Waals surface area contributed by atoms with E-state index < -0.39 is 17.3 Å². The predicted molar refractivity (Wildman–Crippen MR) is 112 cm³/mol. The molecule has 5 heterocycles. The van der Waals surface area contributed by atoms with Crippen LogP contribution in [0.4, 0.5) is 4.39 Å². The van der Waals surface area contributed by atoms with Crippen LogP contribution in [0.3, 0.4) is 0 Å². The maximum Gasteiger partial charge on any atom is 0.268 e. The molecule has 8 heteroatoms. The Morgan fingerprint density at radius 3 is 2.39 bits per heavy atom. The molecule has 4 aliphatic heterocycles. The lowest BCUT2D eigenvalue weighted by Gasteiger charge is -2.46. The van der Waals surface area contributed by atoms with Crippen molar-refractivity contribution in [2.24, 2.45) is 11.7 Å². The van der Waals surface area contributed by atoms with E-state index in [1.54, 1.807) is 6.20 Å². The van der Waals surface area contributed by atoms with E-state index in [1.807, 2.05) is 4.90 Å². The molecule has 2 N–H and O–H groups in total. The summed E-state index contributed by atoms with van der Waals surface area (Å²) >= 11 is 0. The minimum absolute atomic E-state index is 0.0469. The smallest absolute Gasteiger partial charge is 0.268 e. The van der Waals surface area contributed by atoms with Crippen LogP contribution in [0.15, 0.2) is 35.3 Å². The molecule has 0 aliphatic carbocycles. The molecule has 2 bridgehead atoms. The zero-order valence-electron chi connectivity index (χ0n) is 17.2. The Kier molecular flexibility index (Phi) is 4.89. The summed E-state index contributed by atoms with van der Waals surface area (Å²) in [7, 11) is 0. The van der Waals surface area contributed by atoms with Crippen molar-refractivity contribution >= 4 is 11.8 Å². The molecule has 2 aromatic rings. The molecule has 162 valence electrons. The zero-order chi connectivity index (χ0) is 21.7. The topological polar surface area (TPSA) is 88.6 Å². The molecule has 4 aliphatic rings. The van der Waals surface area contributed by atoms with Gasteiger partial charge in [0.05, 0.1) is 6.04 Å². The summed E-state index contributed by atoms with van der Waals surface area (Å²) in [6.45, 7) is 2.73. The highest BCUT2D eigenvalue weighted by atomic mass is 19.1. The Bertz CT molecular complexity index is 1100. The maximum atomic E-state index is 13.4. The number of fused-ring (bicyclic) bond motifs is 4. The molecule has 6 rings (SSSR count). The Labute approximate surface area is 179 Å². The molecule has 3 fully saturated rings. The third kappa shape index (κ3) is 3.44. The van der Waals surface area contributed by atoms with Gasteiger partial charge in [0.1, 0.15) is 11.4 Å². The van der Waals surface area contributed by atoms with E-state index >= 15 is 0 Å². The van der Waals surface area contributed by atoms with E-state index in [-0.39, 0.29) is 17.5 Å². The molecule has 1 aromatic carbocycles. The highest BCUT2D eigenvalue weighted by Crippen LogP contribution is 2.33. The predicted octanol–water partition coefficient (Wildman–Crippen LogP) is 1.44. The van der Waals surface area contributed by atoms with E-state index in [2.05, 4.69) is 4.90 Å². The molecule has 0 spiro atoms. The van der Waals surface area contributed by atoms with Gasteiger partial charge in [-0.2, -0.15) is 0 Å². The van der Waals surface area contributed by atoms with Crippen molar-refractivity contribution in [1.29, 1.82) is 0 Å². The Morgan fingerprint density at radius 1 is 1.06 bits per heavy atom. The van der Waals surface area contributed by atoms with Gasteiger partial charge in [-0.25, -0.2) is 4.39 Å². The van der Waals surface area contributed by atoms with Gasteiger partial charge in [0.15, 0.2) is 0 Å². The van der Waals surface area contributed by atoms with Crippen molar-refractivity contribution in [3.63, 3.8) is 0 Å². The van der Waals surface area contributed by atoms with Gasteiger partial charge in [-0.1, -0.05) is 0 Å². The number of benzene rings is 1. The second kappa shape index (κ2) is 7.60. The average molecular weight is 424 g/mol. The monoisotopic (exact) mass is 424 g/mol. The molecule has 1 aromatic heterocycles. The van der Waals surface area contributed by atoms with Gasteiger partial charge in [0, 0.05) is 25.0 Å². The van der Waals surface area contributed by atoms with E-state index in [9.17, 15) is 18.8 Å². The summed E-state index contributed by atoms with van der Waals surface area (Å²) < 4.78 is 14.7. The minimum atomic E-state index is -0.784. The highest BCUT2D eigenvalue weighted by Gasteiger charge is 2.40. The van der Waals surface area contributed by atoms with E-state index in [0.717, 1.165) is 25.1 Å². The lowest BCUT2D eigenvalue weighted by molar-refractivity contribution is -0.142. The summed E-state index contributed by atoms with van der Waals surface area (Å²) in [5.41, 5.74) is 6.78. The van der Waals surface area contributed by atoms with Gasteiger partial charge in [-0.05, 0) is 80.1 Å². The molecule has 0 saturated carbocycles. The molecular formula is C23H25FN4O3. The number of aromatic nitrogens is 1. The summed E-state index contributed by atoms with van der Waals surface area (Å²) in [5.74, 6) is -0.456. The minimum Gasteiger partial charge on any atom is -0.365 e. The summed E-state index contributed by atoms with van der Waals surface area (Å²) in [6, 6.07) is 5.39. The Hall–Kier alpha value is -3.00. The Morgan fingerprint density at radius 2 is 1.77 bits per heavy atom. The summed E-state index contributed by atoms with van der Waals surface area (Å²) in [5, 5.41) is 0. The number of carbonyl (C=O) groups is 2. The molecular weight excluding hydrogens is 399 g/mol. The molecule has 31 heavy (non-hydrogen) atoms. The maximum absolute atomic E-state index is 13.4. The number of piperidine rings is 3. The fraction of sp³-hybridized carbons (Fsp3) is 0.435. The highest BCUT2D eigenvalue weighted by molar-refractivity contribution is 5.94. The number of pyridine rings is 1. The van der Waals surface area contributed by atoms with E-state index in [0.29, 0.717) is 36.7 Å². The van der Waals surface area contributed by atoms with Crippen LogP contribution in [0.1, 0.15) is 40.7 Å². The van der Waals surface area contributed by atoms with Crippen LogP contribution < -0.4 is 11.3 Å². The molecule has 1 unspecified atom stereocenters. The van der Waals surface area contributed by atoms with Gasteiger partial charge in [-0.3, -0.25) is 23.9 Å². The first kappa shape index (κ1) is 19.9. The van der Waals surface area contributed by atoms with Crippen LogP contribution >= 0.6 is 0 Å². The van der Waals surface area contributed by atoms with Crippen molar-refractivity contribution in [3.8, 4) is 5.69 Å². The van der Waals surface area contributed by atoms with E-state index in [1.165, 1.54) is 41.7 Å². The lowest BCUT2D eigenvalue weighted by Crippen LogP contribution is -2.56. The fourth-order valence-electron chi connectivity index (χ4n) is 5.32. The largest absolute Gasteiger partial charge is 0.365 e. The number of amides is 2. The number of hydrogen-bond acceptors (Lipinski definition) is 4. The SMILES string of the molecule is NC(=O)c1c2c(cn(-c3ccc(F)cc3)c1=O)CN(C(=O)C1CC3CCN1CC3)CC2. The number of primary amides is 1. The number of nitrogens with zero attached hydrogens (tertiary/aromatic N) is 3. The first-order valence-corrected chi connectivity index (χ1v) is 10.8. The van der Waals surface area contributed by atoms with Gasteiger partial charge in [-0.15, -0.1) is 0 Å². The third-order valence-electron chi connectivity index (χ3n) is 6.99. The lowest BCUT2D eigenvalue weighted by atomic mass is 9.82. The second-order valence-electron chi connectivity index (χ2n) is 8.76. The molecule has 1 atom stereocenters. The first-order valence-electron chi connectivity index (χ1n) is 10.8. The normalized spacial score (nSPS) is 24.7. The summed E-state index contributed by atoms with van der Waals surface area (Å²) in [4.78, 5) is 42.6. The third-order valence-corrected chi connectivity index (χ3v) is 6.99. The number of nitrogens with two attached hydrogens (primary N) is 1. The van der Waals surface area contributed by atoms with Crippen LogP contribution in [0, 0.1) is 11.7 Å². The quantitative estimate of drug-likeness (QED) is 0.808. The number of hydrogen-bond donors (Lipinski definition) is 1. The summed E-state index contributed by atoms with van der Waals surface area (Å²) in [6.07, 6.45) is 5.31. The van der Waals surface area contributed by atoms with Crippen LogP contribution in [0.5, 0.6) is 0 Å². The van der Waals surface area contributed by atoms with Crippen LogP contribution in [-0.4, -0.2) is 51.9 Å². The van der Waals surface area contributed by atoms with Crippen molar-refractivity contribution in [3.05, 3.63) is 63.3 Å². The molecule has 2 amide bonds. The van der Waals surface area contributed by atoms with Crippen LogP contribution in [0.25, 0.3) is 5.69 Å². The second-order valence-corrected chi connectivity index (χ2v) is 8.76. The number of carbonyl (C=O) groups excluding carboxylic acids is 2. The van der Waals surface area contributed by atoms with Gasteiger partial charge in [0.2, 0.25) is 5.91 Å². The average Bonchev–Trinajstić information content (AvgIpc) is 2.79. The number of halogens is 1. The van der Waals surface area contributed by atoms with Crippen molar-refractivity contribution in [1.82, 2.24) is 14.4 Å². The Balaban J connectivity index is 1.50. The van der Waals surface area contributed by atoms with Crippen LogP contribution in [0.2, 0.25) is 0 Å².